The Bertz CT molecular complexity index is 511. The molecule has 1 aromatic carbocycles. The van der Waals surface area contributed by atoms with Crippen LogP contribution in [0.15, 0.2) is 24.3 Å². The Labute approximate surface area is 146 Å². The van der Waals surface area contributed by atoms with E-state index < -0.39 is 6.04 Å². The van der Waals surface area contributed by atoms with Gasteiger partial charge in [0.25, 0.3) is 0 Å². The molecule has 0 spiro atoms. The van der Waals surface area contributed by atoms with Crippen molar-refractivity contribution in [2.24, 2.45) is 0 Å². The number of hydrogen-bond donors (Lipinski definition) is 1. The maximum absolute atomic E-state index is 12.6. The number of amides is 2. The normalized spacial score (nSPS) is 11.8. The van der Waals surface area contributed by atoms with E-state index >= 15 is 0 Å². The molecule has 0 aliphatic heterocycles. The van der Waals surface area contributed by atoms with Gasteiger partial charge in [0.05, 0.1) is 0 Å². The molecule has 24 heavy (non-hydrogen) atoms. The SMILES string of the molecule is CCCCNC(=O)[C@@H](CC)N(Cc1ccc(C)cc1)C(=O)CCC. The molecule has 0 heterocycles. The highest BCUT2D eigenvalue weighted by molar-refractivity contribution is 5.87. The van der Waals surface area contributed by atoms with Gasteiger partial charge in [-0.25, -0.2) is 0 Å². The molecule has 0 saturated carbocycles. The van der Waals surface area contributed by atoms with Gasteiger partial charge in [-0.3, -0.25) is 9.59 Å². The van der Waals surface area contributed by atoms with Crippen LogP contribution >= 0.6 is 0 Å². The van der Waals surface area contributed by atoms with E-state index in [1.54, 1.807) is 4.90 Å². The second-order valence-electron chi connectivity index (χ2n) is 6.33. The Hall–Kier alpha value is -1.84. The zero-order valence-corrected chi connectivity index (χ0v) is 15.6. The first-order chi connectivity index (χ1) is 11.5. The second kappa shape index (κ2) is 10.8. The minimum Gasteiger partial charge on any atom is -0.354 e. The lowest BCUT2D eigenvalue weighted by Crippen LogP contribution is -2.49. The van der Waals surface area contributed by atoms with E-state index in [4.69, 9.17) is 0 Å². The summed E-state index contributed by atoms with van der Waals surface area (Å²) in [6, 6.07) is 7.74. The van der Waals surface area contributed by atoms with Crippen LogP contribution in [-0.4, -0.2) is 29.3 Å². The van der Waals surface area contributed by atoms with Crippen molar-refractivity contribution in [3.63, 3.8) is 0 Å². The Morgan fingerprint density at radius 3 is 2.29 bits per heavy atom. The highest BCUT2D eigenvalue weighted by Gasteiger charge is 2.27. The molecule has 0 radical (unpaired) electrons. The molecule has 1 N–H and O–H groups in total. The van der Waals surface area contributed by atoms with E-state index in [1.165, 1.54) is 5.56 Å². The van der Waals surface area contributed by atoms with Gasteiger partial charge in [0.1, 0.15) is 6.04 Å². The van der Waals surface area contributed by atoms with E-state index in [1.807, 2.05) is 45.0 Å². The Balaban J connectivity index is 2.90. The molecule has 0 saturated heterocycles. The summed E-state index contributed by atoms with van der Waals surface area (Å²) in [6.45, 7) is 9.25. The fourth-order valence-corrected chi connectivity index (χ4v) is 2.67. The van der Waals surface area contributed by atoms with Crippen LogP contribution in [0.2, 0.25) is 0 Å². The Morgan fingerprint density at radius 2 is 1.75 bits per heavy atom. The number of hydrogen-bond acceptors (Lipinski definition) is 2. The van der Waals surface area contributed by atoms with Crippen molar-refractivity contribution >= 4 is 11.8 Å². The second-order valence-corrected chi connectivity index (χ2v) is 6.33. The fourth-order valence-electron chi connectivity index (χ4n) is 2.67. The molecule has 0 aliphatic carbocycles. The predicted molar refractivity (Wildman–Crippen MR) is 98.6 cm³/mol. The third-order valence-electron chi connectivity index (χ3n) is 4.15. The van der Waals surface area contributed by atoms with Crippen molar-refractivity contribution in [2.75, 3.05) is 6.54 Å². The monoisotopic (exact) mass is 332 g/mol. The van der Waals surface area contributed by atoms with Crippen molar-refractivity contribution in [2.45, 2.75) is 72.4 Å². The highest BCUT2D eigenvalue weighted by atomic mass is 16.2. The lowest BCUT2D eigenvalue weighted by Gasteiger charge is -2.30. The molecule has 2 amide bonds. The lowest BCUT2D eigenvalue weighted by atomic mass is 10.1. The van der Waals surface area contributed by atoms with Crippen LogP contribution in [0.5, 0.6) is 0 Å². The Morgan fingerprint density at radius 1 is 1.08 bits per heavy atom. The summed E-state index contributed by atoms with van der Waals surface area (Å²) < 4.78 is 0. The fraction of sp³-hybridized carbons (Fsp3) is 0.600. The van der Waals surface area contributed by atoms with Gasteiger partial charge < -0.3 is 10.2 Å². The number of benzene rings is 1. The molecule has 1 rings (SSSR count). The highest BCUT2D eigenvalue weighted by Crippen LogP contribution is 2.15. The van der Waals surface area contributed by atoms with E-state index in [0.29, 0.717) is 25.9 Å². The third kappa shape index (κ3) is 6.34. The minimum atomic E-state index is -0.401. The summed E-state index contributed by atoms with van der Waals surface area (Å²) in [5.41, 5.74) is 2.25. The number of carbonyl (C=O) groups is 2. The average molecular weight is 332 g/mol. The van der Waals surface area contributed by atoms with Gasteiger partial charge in [-0.1, -0.05) is 57.0 Å². The molecule has 0 bridgehead atoms. The number of aryl methyl sites for hydroxylation is 1. The largest absolute Gasteiger partial charge is 0.354 e. The van der Waals surface area contributed by atoms with Crippen LogP contribution in [0.1, 0.15) is 64.0 Å². The predicted octanol–water partition coefficient (Wildman–Crippen LogP) is 3.82. The van der Waals surface area contributed by atoms with E-state index in [-0.39, 0.29) is 11.8 Å². The molecule has 4 heteroatoms. The van der Waals surface area contributed by atoms with Crippen molar-refractivity contribution in [1.29, 1.82) is 0 Å². The molecule has 0 aromatic heterocycles. The first-order valence-electron chi connectivity index (χ1n) is 9.16. The summed E-state index contributed by atoms with van der Waals surface area (Å²) in [5, 5.41) is 2.97. The van der Waals surface area contributed by atoms with Gasteiger partial charge in [0.2, 0.25) is 11.8 Å². The van der Waals surface area contributed by atoms with Crippen LogP contribution in [0.3, 0.4) is 0 Å². The number of carbonyl (C=O) groups excluding carboxylic acids is 2. The molecule has 4 nitrogen and oxygen atoms in total. The number of nitrogens with zero attached hydrogens (tertiary/aromatic N) is 1. The summed E-state index contributed by atoms with van der Waals surface area (Å²) in [4.78, 5) is 26.9. The van der Waals surface area contributed by atoms with E-state index in [9.17, 15) is 9.59 Å². The van der Waals surface area contributed by atoms with Crippen LogP contribution in [-0.2, 0) is 16.1 Å². The quantitative estimate of drug-likeness (QED) is 0.662. The van der Waals surface area contributed by atoms with Gasteiger partial charge in [-0.2, -0.15) is 0 Å². The van der Waals surface area contributed by atoms with E-state index in [2.05, 4.69) is 12.2 Å². The summed E-state index contributed by atoms with van der Waals surface area (Å²) in [5.74, 6) is 0.0121. The van der Waals surface area contributed by atoms with Gasteiger partial charge in [0, 0.05) is 19.5 Å². The maximum atomic E-state index is 12.6. The first-order valence-corrected chi connectivity index (χ1v) is 9.16. The molecule has 1 atom stereocenters. The van der Waals surface area contributed by atoms with Crippen molar-refractivity contribution in [3.8, 4) is 0 Å². The third-order valence-corrected chi connectivity index (χ3v) is 4.15. The van der Waals surface area contributed by atoms with Crippen LogP contribution in [0.25, 0.3) is 0 Å². The van der Waals surface area contributed by atoms with Crippen LogP contribution < -0.4 is 5.32 Å². The summed E-state index contributed by atoms with van der Waals surface area (Å²) in [7, 11) is 0. The molecule has 1 aromatic rings. The average Bonchev–Trinajstić information content (AvgIpc) is 2.57. The molecule has 0 aliphatic rings. The van der Waals surface area contributed by atoms with Crippen LogP contribution in [0.4, 0.5) is 0 Å². The standard InChI is InChI=1S/C20H32N2O2/c1-5-8-14-21-20(24)18(7-3)22(19(23)9-6-2)15-17-12-10-16(4)11-13-17/h10-13,18H,5-9,14-15H2,1-4H3,(H,21,24)/t18-/m1/s1. The van der Waals surface area contributed by atoms with Crippen LogP contribution in [0, 0.1) is 6.92 Å². The lowest BCUT2D eigenvalue weighted by molar-refractivity contribution is -0.141. The molecule has 0 fully saturated rings. The van der Waals surface area contributed by atoms with Gasteiger partial charge in [-0.15, -0.1) is 0 Å². The maximum Gasteiger partial charge on any atom is 0.242 e. The minimum absolute atomic E-state index is 0.0393. The molecular formula is C20H32N2O2. The van der Waals surface area contributed by atoms with Gasteiger partial charge in [0.15, 0.2) is 0 Å². The topological polar surface area (TPSA) is 49.4 Å². The Kier molecular flexibility index (Phi) is 9.13. The van der Waals surface area contributed by atoms with E-state index in [0.717, 1.165) is 24.8 Å². The number of nitrogens with one attached hydrogen (secondary N) is 1. The first kappa shape index (κ1) is 20.2. The summed E-state index contributed by atoms with van der Waals surface area (Å²) >= 11 is 0. The number of unbranched alkanes of at least 4 members (excludes halogenated alkanes) is 1. The number of rotatable bonds is 10. The van der Waals surface area contributed by atoms with Crippen molar-refractivity contribution in [1.82, 2.24) is 10.2 Å². The smallest absolute Gasteiger partial charge is 0.242 e. The zero-order chi connectivity index (χ0) is 17.9. The molecule has 134 valence electrons. The zero-order valence-electron chi connectivity index (χ0n) is 15.6. The van der Waals surface area contributed by atoms with Gasteiger partial charge in [-0.05, 0) is 31.7 Å². The van der Waals surface area contributed by atoms with Crippen molar-refractivity contribution in [3.05, 3.63) is 35.4 Å². The molecule has 0 unspecified atom stereocenters. The molecular weight excluding hydrogens is 300 g/mol. The van der Waals surface area contributed by atoms with Crippen molar-refractivity contribution < 1.29 is 9.59 Å². The summed E-state index contributed by atoms with van der Waals surface area (Å²) in [6.07, 6.45) is 3.89. The van der Waals surface area contributed by atoms with Gasteiger partial charge >= 0.3 is 0 Å².